The summed E-state index contributed by atoms with van der Waals surface area (Å²) in [6.07, 6.45) is 0. The van der Waals surface area contributed by atoms with Crippen molar-refractivity contribution in [1.29, 1.82) is 0 Å². The Morgan fingerprint density at radius 2 is 1.80 bits per heavy atom. The minimum atomic E-state index is -1.000. The van der Waals surface area contributed by atoms with Crippen LogP contribution in [0.3, 0.4) is 0 Å². The molecule has 0 atom stereocenters. The van der Waals surface area contributed by atoms with Crippen molar-refractivity contribution < 1.29 is 14.7 Å². The van der Waals surface area contributed by atoms with E-state index in [-0.39, 0.29) is 13.1 Å². The second-order valence-electron chi connectivity index (χ2n) is 3.05. The Balaban J connectivity index is 2.81. The molecule has 0 spiro atoms. The molecule has 1 amide bonds. The van der Waals surface area contributed by atoms with Gasteiger partial charge in [-0.05, 0) is 12.1 Å². The second-order valence-corrected chi connectivity index (χ2v) is 3.05. The number of carboxylic acid groups (broad SMARTS) is 1. The lowest BCUT2D eigenvalue weighted by Gasteiger charge is -2.20. The van der Waals surface area contributed by atoms with Gasteiger partial charge in [-0.2, -0.15) is 0 Å². The molecule has 1 aromatic carbocycles. The van der Waals surface area contributed by atoms with Crippen LogP contribution in [0.2, 0.25) is 0 Å². The number of rotatable bonds is 5. The number of amides is 1. The topological polar surface area (TPSA) is 83.6 Å². The molecule has 15 heavy (non-hydrogen) atoms. The number of carbonyl (C=O) groups excluding carboxylic acids is 1. The second kappa shape index (κ2) is 4.99. The Bertz CT molecular complexity index is 335. The van der Waals surface area contributed by atoms with Gasteiger partial charge in [0.05, 0.1) is 6.54 Å². The van der Waals surface area contributed by atoms with Crippen LogP contribution in [0, 0.1) is 0 Å². The summed E-state index contributed by atoms with van der Waals surface area (Å²) in [5.74, 6) is -1.56. The zero-order chi connectivity index (χ0) is 11.3. The number of anilines is 1. The number of carbonyl (C=O) groups is 2. The van der Waals surface area contributed by atoms with Gasteiger partial charge >= 0.3 is 5.97 Å². The molecule has 0 aliphatic carbocycles. The lowest BCUT2D eigenvalue weighted by molar-refractivity contribution is -0.135. The fourth-order valence-corrected chi connectivity index (χ4v) is 1.23. The third kappa shape index (κ3) is 3.68. The fraction of sp³-hybridized carbons (Fsp3) is 0.200. The molecule has 1 rings (SSSR count). The number of nitrogens with zero attached hydrogens (tertiary/aromatic N) is 1. The maximum Gasteiger partial charge on any atom is 0.323 e. The molecule has 1 aromatic rings. The molecule has 0 saturated carbocycles. The van der Waals surface area contributed by atoms with Crippen LogP contribution in [0.4, 0.5) is 5.69 Å². The predicted molar refractivity (Wildman–Crippen MR) is 55.5 cm³/mol. The van der Waals surface area contributed by atoms with E-state index in [9.17, 15) is 9.59 Å². The van der Waals surface area contributed by atoms with Gasteiger partial charge in [-0.25, -0.2) is 0 Å². The van der Waals surface area contributed by atoms with Gasteiger partial charge in [-0.3, -0.25) is 9.59 Å². The van der Waals surface area contributed by atoms with Crippen molar-refractivity contribution in [2.75, 3.05) is 18.0 Å². The lowest BCUT2D eigenvalue weighted by Crippen LogP contribution is -2.37. The first-order chi connectivity index (χ1) is 7.09. The molecular formula is C10H12N2O3. The molecule has 0 aliphatic heterocycles. The fourth-order valence-electron chi connectivity index (χ4n) is 1.23. The summed E-state index contributed by atoms with van der Waals surface area (Å²) in [6.45, 7) is -0.344. The first kappa shape index (κ1) is 11.0. The van der Waals surface area contributed by atoms with E-state index < -0.39 is 11.9 Å². The molecule has 0 bridgehead atoms. The maximum atomic E-state index is 10.8. The summed E-state index contributed by atoms with van der Waals surface area (Å²) in [5, 5.41) is 8.66. The highest BCUT2D eigenvalue weighted by molar-refractivity contribution is 5.82. The minimum absolute atomic E-state index is 0.101. The van der Waals surface area contributed by atoms with Crippen molar-refractivity contribution in [3.05, 3.63) is 30.3 Å². The first-order valence-electron chi connectivity index (χ1n) is 4.39. The zero-order valence-corrected chi connectivity index (χ0v) is 8.09. The van der Waals surface area contributed by atoms with E-state index in [4.69, 9.17) is 10.8 Å². The van der Waals surface area contributed by atoms with E-state index >= 15 is 0 Å². The van der Waals surface area contributed by atoms with Crippen LogP contribution < -0.4 is 10.6 Å². The van der Waals surface area contributed by atoms with E-state index in [2.05, 4.69) is 0 Å². The molecule has 0 heterocycles. The summed E-state index contributed by atoms with van der Waals surface area (Å²) in [5.41, 5.74) is 5.70. The average Bonchev–Trinajstić information content (AvgIpc) is 2.17. The number of nitrogens with two attached hydrogens (primary N) is 1. The number of benzene rings is 1. The molecular weight excluding hydrogens is 196 g/mol. The van der Waals surface area contributed by atoms with Crippen LogP contribution in [-0.2, 0) is 9.59 Å². The van der Waals surface area contributed by atoms with Gasteiger partial charge in [-0.1, -0.05) is 18.2 Å². The number of aliphatic carboxylic acids is 1. The summed E-state index contributed by atoms with van der Waals surface area (Å²) in [4.78, 5) is 22.7. The Kier molecular flexibility index (Phi) is 3.68. The van der Waals surface area contributed by atoms with Crippen LogP contribution in [-0.4, -0.2) is 30.1 Å². The number of para-hydroxylation sites is 1. The van der Waals surface area contributed by atoms with Crippen LogP contribution in [0.25, 0.3) is 0 Å². The molecule has 0 radical (unpaired) electrons. The Labute approximate surface area is 87.1 Å². The van der Waals surface area contributed by atoms with Gasteiger partial charge in [0.25, 0.3) is 0 Å². The standard InChI is InChI=1S/C10H12N2O3/c11-9(13)6-12(7-10(14)15)8-4-2-1-3-5-8/h1-5H,6-7H2,(H2,11,13)(H,14,15). The molecule has 3 N–H and O–H groups in total. The molecule has 5 nitrogen and oxygen atoms in total. The highest BCUT2D eigenvalue weighted by atomic mass is 16.4. The van der Waals surface area contributed by atoms with Gasteiger partial charge in [-0.15, -0.1) is 0 Å². The molecule has 0 unspecified atom stereocenters. The normalized spacial score (nSPS) is 9.60. The van der Waals surface area contributed by atoms with Crippen molar-refractivity contribution in [1.82, 2.24) is 0 Å². The van der Waals surface area contributed by atoms with E-state index in [1.165, 1.54) is 4.90 Å². The zero-order valence-electron chi connectivity index (χ0n) is 8.09. The molecule has 0 aromatic heterocycles. The Hall–Kier alpha value is -2.04. The largest absolute Gasteiger partial charge is 0.480 e. The maximum absolute atomic E-state index is 10.8. The SMILES string of the molecule is NC(=O)CN(CC(=O)O)c1ccccc1. The summed E-state index contributed by atoms with van der Waals surface area (Å²) in [7, 11) is 0. The molecule has 0 aliphatic rings. The van der Waals surface area contributed by atoms with Crippen LogP contribution >= 0.6 is 0 Å². The monoisotopic (exact) mass is 208 g/mol. The van der Waals surface area contributed by atoms with Crippen molar-refractivity contribution in [2.45, 2.75) is 0 Å². The summed E-state index contributed by atoms with van der Waals surface area (Å²) >= 11 is 0. The van der Waals surface area contributed by atoms with Crippen LogP contribution in [0.15, 0.2) is 30.3 Å². The Morgan fingerprint density at radius 1 is 1.20 bits per heavy atom. The third-order valence-corrected chi connectivity index (χ3v) is 1.79. The van der Waals surface area contributed by atoms with E-state index in [1.54, 1.807) is 24.3 Å². The van der Waals surface area contributed by atoms with Gasteiger partial charge in [0.2, 0.25) is 5.91 Å². The van der Waals surface area contributed by atoms with Gasteiger partial charge in [0.15, 0.2) is 0 Å². The number of hydrogen-bond acceptors (Lipinski definition) is 3. The van der Waals surface area contributed by atoms with Gasteiger partial charge in [0.1, 0.15) is 6.54 Å². The number of carboxylic acids is 1. The predicted octanol–water partition coefficient (Wildman–Crippen LogP) is 0.0629. The molecule has 80 valence electrons. The molecule has 5 heteroatoms. The van der Waals surface area contributed by atoms with E-state index in [0.29, 0.717) is 5.69 Å². The summed E-state index contributed by atoms with van der Waals surface area (Å²) < 4.78 is 0. The van der Waals surface area contributed by atoms with Crippen LogP contribution in [0.1, 0.15) is 0 Å². The Morgan fingerprint density at radius 3 is 2.27 bits per heavy atom. The summed E-state index contributed by atoms with van der Waals surface area (Å²) in [6, 6.07) is 8.81. The molecule has 0 fully saturated rings. The van der Waals surface area contributed by atoms with E-state index in [0.717, 1.165) is 0 Å². The average molecular weight is 208 g/mol. The highest BCUT2D eigenvalue weighted by Crippen LogP contribution is 2.11. The van der Waals surface area contributed by atoms with E-state index in [1.807, 2.05) is 6.07 Å². The van der Waals surface area contributed by atoms with Crippen molar-refractivity contribution in [3.63, 3.8) is 0 Å². The van der Waals surface area contributed by atoms with Crippen molar-refractivity contribution in [3.8, 4) is 0 Å². The number of primary amides is 1. The van der Waals surface area contributed by atoms with Crippen LogP contribution in [0.5, 0.6) is 0 Å². The van der Waals surface area contributed by atoms with Crippen molar-refractivity contribution >= 4 is 17.6 Å². The quantitative estimate of drug-likeness (QED) is 0.716. The molecule has 0 saturated heterocycles. The van der Waals surface area contributed by atoms with Gasteiger partial charge < -0.3 is 15.7 Å². The minimum Gasteiger partial charge on any atom is -0.480 e. The lowest BCUT2D eigenvalue weighted by atomic mass is 10.3. The number of hydrogen-bond donors (Lipinski definition) is 2. The van der Waals surface area contributed by atoms with Crippen molar-refractivity contribution in [2.24, 2.45) is 5.73 Å². The first-order valence-corrected chi connectivity index (χ1v) is 4.39. The smallest absolute Gasteiger partial charge is 0.323 e. The highest BCUT2D eigenvalue weighted by Gasteiger charge is 2.12. The van der Waals surface area contributed by atoms with Gasteiger partial charge in [0, 0.05) is 5.69 Å². The third-order valence-electron chi connectivity index (χ3n) is 1.79.